The lowest BCUT2D eigenvalue weighted by atomic mass is 10.3. The number of hydrogen-bond acceptors (Lipinski definition) is 4. The third-order valence-corrected chi connectivity index (χ3v) is 2.66. The molecule has 4 nitrogen and oxygen atoms in total. The third kappa shape index (κ3) is 3.22. The standard InChI is InChI=1S/C10H12Cl2N2O2/c11-7-3-9(12)10(14-4-7)16-6-8-5-13-1-2-15-8/h3-4,8,13H,1-2,5-6H2. The minimum Gasteiger partial charge on any atom is -0.474 e. The van der Waals surface area contributed by atoms with Crippen molar-refractivity contribution in [2.24, 2.45) is 0 Å². The van der Waals surface area contributed by atoms with E-state index in [2.05, 4.69) is 10.3 Å². The van der Waals surface area contributed by atoms with E-state index >= 15 is 0 Å². The Balaban J connectivity index is 1.88. The Morgan fingerprint density at radius 1 is 1.56 bits per heavy atom. The van der Waals surface area contributed by atoms with Crippen LogP contribution in [0.2, 0.25) is 10.0 Å². The Kier molecular flexibility index (Phi) is 4.23. The highest BCUT2D eigenvalue weighted by molar-refractivity contribution is 6.35. The zero-order valence-corrected chi connectivity index (χ0v) is 10.1. The molecule has 6 heteroatoms. The number of halogens is 2. The van der Waals surface area contributed by atoms with Crippen LogP contribution in [0.5, 0.6) is 5.88 Å². The molecule has 0 aliphatic carbocycles. The van der Waals surface area contributed by atoms with E-state index in [1.807, 2.05) is 0 Å². The second kappa shape index (κ2) is 5.68. The Bertz CT molecular complexity index is 357. The molecule has 1 N–H and O–H groups in total. The maximum absolute atomic E-state index is 5.92. The summed E-state index contributed by atoms with van der Waals surface area (Å²) in [5.74, 6) is 0.389. The summed E-state index contributed by atoms with van der Waals surface area (Å²) in [4.78, 5) is 4.00. The molecule has 0 saturated carbocycles. The van der Waals surface area contributed by atoms with Crippen LogP contribution in [-0.2, 0) is 4.74 Å². The van der Waals surface area contributed by atoms with Crippen LogP contribution >= 0.6 is 23.2 Å². The molecule has 1 fully saturated rings. The monoisotopic (exact) mass is 262 g/mol. The van der Waals surface area contributed by atoms with Crippen molar-refractivity contribution in [2.45, 2.75) is 6.10 Å². The van der Waals surface area contributed by atoms with E-state index in [-0.39, 0.29) is 6.10 Å². The van der Waals surface area contributed by atoms with Gasteiger partial charge in [0, 0.05) is 19.3 Å². The molecule has 1 saturated heterocycles. The minimum atomic E-state index is 0.0438. The molecule has 0 bridgehead atoms. The van der Waals surface area contributed by atoms with Crippen molar-refractivity contribution in [3.8, 4) is 5.88 Å². The number of ether oxygens (including phenoxy) is 2. The fraction of sp³-hybridized carbons (Fsp3) is 0.500. The molecule has 1 atom stereocenters. The molecule has 1 aromatic heterocycles. The fourth-order valence-electron chi connectivity index (χ4n) is 1.41. The average molecular weight is 263 g/mol. The summed E-state index contributed by atoms with van der Waals surface area (Å²) in [6, 6.07) is 1.60. The highest BCUT2D eigenvalue weighted by Gasteiger charge is 2.15. The number of aromatic nitrogens is 1. The number of nitrogens with zero attached hydrogens (tertiary/aromatic N) is 1. The van der Waals surface area contributed by atoms with Crippen LogP contribution in [0, 0.1) is 0 Å². The summed E-state index contributed by atoms with van der Waals surface area (Å²) in [6.07, 6.45) is 1.55. The summed E-state index contributed by atoms with van der Waals surface area (Å²) < 4.78 is 10.9. The first-order valence-corrected chi connectivity index (χ1v) is 5.77. The van der Waals surface area contributed by atoms with Gasteiger partial charge in [-0.05, 0) is 6.07 Å². The average Bonchev–Trinajstić information content (AvgIpc) is 2.29. The first-order valence-electron chi connectivity index (χ1n) is 5.02. The van der Waals surface area contributed by atoms with Gasteiger partial charge in [-0.25, -0.2) is 4.98 Å². The highest BCUT2D eigenvalue weighted by atomic mass is 35.5. The number of pyridine rings is 1. The first kappa shape index (κ1) is 11.9. The zero-order chi connectivity index (χ0) is 11.4. The van der Waals surface area contributed by atoms with E-state index in [1.165, 1.54) is 6.20 Å². The summed E-state index contributed by atoms with van der Waals surface area (Å²) in [5, 5.41) is 4.12. The largest absolute Gasteiger partial charge is 0.474 e. The van der Waals surface area contributed by atoms with Crippen LogP contribution in [0.3, 0.4) is 0 Å². The molecule has 0 aromatic carbocycles. The summed E-state index contributed by atoms with van der Waals surface area (Å²) >= 11 is 11.6. The van der Waals surface area contributed by atoms with Gasteiger partial charge in [0.15, 0.2) is 0 Å². The molecular formula is C10H12Cl2N2O2. The van der Waals surface area contributed by atoms with Gasteiger partial charge in [-0.15, -0.1) is 0 Å². The topological polar surface area (TPSA) is 43.4 Å². The van der Waals surface area contributed by atoms with Crippen molar-refractivity contribution in [2.75, 3.05) is 26.3 Å². The first-order chi connectivity index (χ1) is 7.75. The van der Waals surface area contributed by atoms with Crippen LogP contribution in [0.25, 0.3) is 0 Å². The molecule has 88 valence electrons. The van der Waals surface area contributed by atoms with Crippen molar-refractivity contribution < 1.29 is 9.47 Å². The Morgan fingerprint density at radius 2 is 2.44 bits per heavy atom. The molecular weight excluding hydrogens is 251 g/mol. The summed E-state index contributed by atoms with van der Waals surface area (Å²) in [7, 11) is 0. The number of morpholine rings is 1. The lowest BCUT2D eigenvalue weighted by Gasteiger charge is -2.23. The van der Waals surface area contributed by atoms with Crippen LogP contribution in [0.1, 0.15) is 0 Å². The molecule has 1 aromatic rings. The van der Waals surface area contributed by atoms with Gasteiger partial charge < -0.3 is 14.8 Å². The minimum absolute atomic E-state index is 0.0438. The highest BCUT2D eigenvalue weighted by Crippen LogP contribution is 2.24. The Morgan fingerprint density at radius 3 is 3.12 bits per heavy atom. The van der Waals surface area contributed by atoms with Crippen LogP contribution in [0.15, 0.2) is 12.3 Å². The van der Waals surface area contributed by atoms with Crippen molar-refractivity contribution in [3.05, 3.63) is 22.3 Å². The number of rotatable bonds is 3. The molecule has 0 spiro atoms. The van der Waals surface area contributed by atoms with Crippen molar-refractivity contribution in [3.63, 3.8) is 0 Å². The van der Waals surface area contributed by atoms with Crippen LogP contribution in [0.4, 0.5) is 0 Å². The van der Waals surface area contributed by atoms with Gasteiger partial charge in [-0.2, -0.15) is 0 Å². The van der Waals surface area contributed by atoms with E-state index in [0.29, 0.717) is 29.1 Å². The summed E-state index contributed by atoms with van der Waals surface area (Å²) in [6.45, 7) is 2.80. The van der Waals surface area contributed by atoms with Gasteiger partial charge in [0.1, 0.15) is 17.7 Å². The predicted octanol–water partition coefficient (Wildman–Crippen LogP) is 1.76. The van der Waals surface area contributed by atoms with Crippen LogP contribution in [-0.4, -0.2) is 37.4 Å². The van der Waals surface area contributed by atoms with Gasteiger partial charge in [-0.1, -0.05) is 23.2 Å². The smallest absolute Gasteiger partial charge is 0.232 e. The maximum atomic E-state index is 5.92. The van der Waals surface area contributed by atoms with Crippen molar-refractivity contribution in [1.82, 2.24) is 10.3 Å². The predicted molar refractivity (Wildman–Crippen MR) is 62.4 cm³/mol. The second-order valence-corrected chi connectivity index (χ2v) is 4.29. The number of hydrogen-bond donors (Lipinski definition) is 1. The molecule has 1 aliphatic heterocycles. The summed E-state index contributed by atoms with van der Waals surface area (Å²) in [5.41, 5.74) is 0. The van der Waals surface area contributed by atoms with E-state index in [0.717, 1.165) is 13.1 Å². The second-order valence-electron chi connectivity index (χ2n) is 3.45. The lowest BCUT2D eigenvalue weighted by Crippen LogP contribution is -2.41. The maximum Gasteiger partial charge on any atom is 0.232 e. The molecule has 1 aliphatic rings. The molecule has 0 radical (unpaired) electrons. The van der Waals surface area contributed by atoms with E-state index in [1.54, 1.807) is 6.07 Å². The molecule has 2 rings (SSSR count). The quantitative estimate of drug-likeness (QED) is 0.902. The Hall–Kier alpha value is -0.550. The van der Waals surface area contributed by atoms with E-state index < -0.39 is 0 Å². The number of nitrogens with one attached hydrogen (secondary N) is 1. The molecule has 1 unspecified atom stereocenters. The Labute approximate surface area is 104 Å². The van der Waals surface area contributed by atoms with E-state index in [4.69, 9.17) is 32.7 Å². The zero-order valence-electron chi connectivity index (χ0n) is 8.58. The van der Waals surface area contributed by atoms with Crippen LogP contribution < -0.4 is 10.1 Å². The lowest BCUT2D eigenvalue weighted by molar-refractivity contribution is -0.000713. The van der Waals surface area contributed by atoms with E-state index in [9.17, 15) is 0 Å². The molecule has 16 heavy (non-hydrogen) atoms. The normalized spacial score (nSPS) is 20.8. The van der Waals surface area contributed by atoms with Crippen molar-refractivity contribution >= 4 is 23.2 Å². The fourth-order valence-corrected chi connectivity index (χ4v) is 1.84. The molecule has 0 amide bonds. The van der Waals surface area contributed by atoms with Gasteiger partial charge >= 0.3 is 0 Å². The van der Waals surface area contributed by atoms with Gasteiger partial charge in [0.25, 0.3) is 0 Å². The van der Waals surface area contributed by atoms with Gasteiger partial charge in [0.2, 0.25) is 5.88 Å². The van der Waals surface area contributed by atoms with Gasteiger partial charge in [0.05, 0.1) is 11.6 Å². The SMILES string of the molecule is Clc1cnc(OCC2CNCCO2)c(Cl)c1. The third-order valence-electron chi connectivity index (χ3n) is 2.18. The van der Waals surface area contributed by atoms with Crippen molar-refractivity contribution in [1.29, 1.82) is 0 Å². The van der Waals surface area contributed by atoms with Gasteiger partial charge in [-0.3, -0.25) is 0 Å². The molecule has 2 heterocycles.